The highest BCUT2D eigenvalue weighted by atomic mass is 32.2. The van der Waals surface area contributed by atoms with Crippen LogP contribution in [0.1, 0.15) is 28.9 Å². The van der Waals surface area contributed by atoms with Crippen molar-refractivity contribution in [1.29, 1.82) is 0 Å². The first kappa shape index (κ1) is 18.8. The van der Waals surface area contributed by atoms with Gasteiger partial charge < -0.3 is 9.32 Å². The molecule has 1 unspecified atom stereocenters. The van der Waals surface area contributed by atoms with Gasteiger partial charge in [0.15, 0.2) is 5.43 Å². The van der Waals surface area contributed by atoms with Gasteiger partial charge >= 0.3 is 0 Å². The van der Waals surface area contributed by atoms with Crippen LogP contribution in [-0.2, 0) is 10.0 Å². The van der Waals surface area contributed by atoms with E-state index in [1.165, 1.54) is 35.4 Å². The number of primary sulfonamides is 1. The smallest absolute Gasteiger partial charge is 0.254 e. The lowest BCUT2D eigenvalue weighted by Crippen LogP contribution is -2.29. The summed E-state index contributed by atoms with van der Waals surface area (Å²) < 4.78 is 28.4. The highest BCUT2D eigenvalue weighted by Gasteiger charge is 2.21. The maximum Gasteiger partial charge on any atom is 0.254 e. The molecule has 0 bridgehead atoms. The van der Waals surface area contributed by atoms with Crippen molar-refractivity contribution in [2.75, 3.05) is 7.05 Å². The summed E-state index contributed by atoms with van der Waals surface area (Å²) in [6.07, 6.45) is 1.28. The molecule has 0 aliphatic heterocycles. The van der Waals surface area contributed by atoms with Crippen molar-refractivity contribution in [3.63, 3.8) is 0 Å². The molecule has 2 aromatic carbocycles. The minimum atomic E-state index is -3.83. The third-order valence-electron chi connectivity index (χ3n) is 4.48. The summed E-state index contributed by atoms with van der Waals surface area (Å²) in [5.41, 5.74) is 1.13. The van der Waals surface area contributed by atoms with Crippen molar-refractivity contribution < 1.29 is 17.6 Å². The molecule has 1 heterocycles. The van der Waals surface area contributed by atoms with Crippen molar-refractivity contribution in [1.82, 2.24) is 4.90 Å². The first-order valence-electron chi connectivity index (χ1n) is 8.10. The molecule has 0 fully saturated rings. The zero-order valence-corrected chi connectivity index (χ0v) is 15.6. The van der Waals surface area contributed by atoms with Gasteiger partial charge in [0.05, 0.1) is 22.6 Å². The van der Waals surface area contributed by atoms with E-state index in [0.29, 0.717) is 22.1 Å². The third kappa shape index (κ3) is 3.76. The fourth-order valence-electron chi connectivity index (χ4n) is 2.77. The summed E-state index contributed by atoms with van der Waals surface area (Å²) in [5.74, 6) is -0.295. The summed E-state index contributed by atoms with van der Waals surface area (Å²) >= 11 is 0. The SMILES string of the molecule is CC(c1cccc(S(N)(=O)=O)c1)N(C)C(=O)c1ccc2c(=O)ccoc2c1. The number of rotatable bonds is 4. The molecular formula is C19H18N2O5S. The summed E-state index contributed by atoms with van der Waals surface area (Å²) in [6, 6.07) is 11.7. The van der Waals surface area contributed by atoms with Gasteiger partial charge in [-0.25, -0.2) is 13.6 Å². The zero-order valence-electron chi connectivity index (χ0n) is 14.7. The lowest BCUT2D eigenvalue weighted by Gasteiger charge is -2.25. The van der Waals surface area contributed by atoms with Crippen LogP contribution in [-0.4, -0.2) is 26.3 Å². The van der Waals surface area contributed by atoms with Crippen LogP contribution >= 0.6 is 0 Å². The van der Waals surface area contributed by atoms with Gasteiger partial charge in [-0.05, 0) is 42.8 Å². The number of hydrogen-bond acceptors (Lipinski definition) is 5. The van der Waals surface area contributed by atoms with E-state index < -0.39 is 16.1 Å². The number of amides is 1. The van der Waals surface area contributed by atoms with Gasteiger partial charge in [-0.3, -0.25) is 9.59 Å². The van der Waals surface area contributed by atoms with Crippen LogP contribution in [0.15, 0.2) is 68.9 Å². The third-order valence-corrected chi connectivity index (χ3v) is 5.39. The zero-order chi connectivity index (χ0) is 19.8. The second-order valence-electron chi connectivity index (χ2n) is 6.21. The summed E-state index contributed by atoms with van der Waals surface area (Å²) in [6.45, 7) is 1.78. The number of fused-ring (bicyclic) bond motifs is 1. The number of benzene rings is 2. The first-order chi connectivity index (χ1) is 12.7. The molecule has 140 valence electrons. The standard InChI is InChI=1S/C19H18N2O5S/c1-12(13-4-3-5-15(10-13)27(20,24)25)21(2)19(23)14-6-7-16-17(22)8-9-26-18(16)11-14/h3-12H,1-2H3,(H2,20,24,25). The maximum atomic E-state index is 12.8. The Kier molecular flexibility index (Phi) is 4.86. The number of nitrogens with zero attached hydrogens (tertiary/aromatic N) is 1. The normalized spacial score (nSPS) is 12.7. The molecule has 0 saturated carbocycles. The number of hydrogen-bond donors (Lipinski definition) is 1. The fraction of sp³-hybridized carbons (Fsp3) is 0.158. The number of carbonyl (C=O) groups is 1. The van der Waals surface area contributed by atoms with E-state index in [-0.39, 0.29) is 16.2 Å². The minimum Gasteiger partial charge on any atom is -0.464 e. The molecule has 8 heteroatoms. The van der Waals surface area contributed by atoms with Crippen molar-refractivity contribution in [2.45, 2.75) is 17.9 Å². The van der Waals surface area contributed by atoms with Crippen molar-refractivity contribution in [2.24, 2.45) is 5.14 Å². The molecule has 3 aromatic rings. The van der Waals surface area contributed by atoms with Gasteiger partial charge in [-0.1, -0.05) is 12.1 Å². The van der Waals surface area contributed by atoms with Gasteiger partial charge in [0.25, 0.3) is 5.91 Å². The van der Waals surface area contributed by atoms with E-state index >= 15 is 0 Å². The predicted octanol–water partition coefficient (Wildman–Crippen LogP) is 2.27. The van der Waals surface area contributed by atoms with Crippen LogP contribution in [0.3, 0.4) is 0 Å². The molecule has 1 amide bonds. The number of sulfonamides is 1. The predicted molar refractivity (Wildman–Crippen MR) is 101 cm³/mol. The van der Waals surface area contributed by atoms with Crippen LogP contribution < -0.4 is 10.6 Å². The monoisotopic (exact) mass is 386 g/mol. The van der Waals surface area contributed by atoms with Crippen molar-refractivity contribution in [3.05, 3.63) is 76.1 Å². The van der Waals surface area contributed by atoms with Gasteiger partial charge in [0, 0.05) is 18.7 Å². The van der Waals surface area contributed by atoms with Gasteiger partial charge in [0.2, 0.25) is 10.0 Å². The van der Waals surface area contributed by atoms with Gasteiger partial charge in [-0.2, -0.15) is 0 Å². The summed E-state index contributed by atoms with van der Waals surface area (Å²) in [5, 5.41) is 5.57. The van der Waals surface area contributed by atoms with Crippen molar-refractivity contribution >= 4 is 26.9 Å². The van der Waals surface area contributed by atoms with E-state index in [1.54, 1.807) is 38.2 Å². The Morgan fingerprint density at radius 1 is 1.15 bits per heavy atom. The van der Waals surface area contributed by atoms with E-state index in [4.69, 9.17) is 9.56 Å². The molecule has 7 nitrogen and oxygen atoms in total. The van der Waals surface area contributed by atoms with E-state index in [0.717, 1.165) is 0 Å². The average Bonchev–Trinajstić information content (AvgIpc) is 2.65. The molecule has 0 radical (unpaired) electrons. The molecular weight excluding hydrogens is 368 g/mol. The van der Waals surface area contributed by atoms with Gasteiger partial charge in [-0.15, -0.1) is 0 Å². The second kappa shape index (κ2) is 6.98. The molecule has 3 rings (SSSR count). The van der Waals surface area contributed by atoms with Gasteiger partial charge in [0.1, 0.15) is 5.58 Å². The van der Waals surface area contributed by atoms with Crippen LogP contribution in [0.4, 0.5) is 0 Å². The van der Waals surface area contributed by atoms with Crippen LogP contribution in [0, 0.1) is 0 Å². The average molecular weight is 386 g/mol. The van der Waals surface area contributed by atoms with Crippen LogP contribution in [0.2, 0.25) is 0 Å². The topological polar surface area (TPSA) is 111 Å². The number of carbonyl (C=O) groups excluding carboxylic acids is 1. The quantitative estimate of drug-likeness (QED) is 0.739. The molecule has 2 N–H and O–H groups in total. The highest BCUT2D eigenvalue weighted by molar-refractivity contribution is 7.89. The molecule has 0 saturated heterocycles. The molecule has 0 aliphatic rings. The summed E-state index contributed by atoms with van der Waals surface area (Å²) in [4.78, 5) is 26.1. The first-order valence-corrected chi connectivity index (χ1v) is 9.64. The lowest BCUT2D eigenvalue weighted by molar-refractivity contribution is 0.0742. The molecule has 0 spiro atoms. The van der Waals surface area contributed by atoms with E-state index in [1.807, 2.05) is 0 Å². The molecule has 1 aromatic heterocycles. The van der Waals surface area contributed by atoms with Crippen molar-refractivity contribution in [3.8, 4) is 0 Å². The van der Waals surface area contributed by atoms with E-state index in [2.05, 4.69) is 0 Å². The van der Waals surface area contributed by atoms with Crippen LogP contribution in [0.5, 0.6) is 0 Å². The molecule has 1 atom stereocenters. The molecule has 27 heavy (non-hydrogen) atoms. The lowest BCUT2D eigenvalue weighted by atomic mass is 10.1. The fourth-order valence-corrected chi connectivity index (χ4v) is 3.34. The Balaban J connectivity index is 1.92. The Labute approximate surface area is 156 Å². The largest absolute Gasteiger partial charge is 0.464 e. The Hall–Kier alpha value is -2.97. The van der Waals surface area contributed by atoms with Crippen LogP contribution in [0.25, 0.3) is 11.0 Å². The Morgan fingerprint density at radius 2 is 1.89 bits per heavy atom. The minimum absolute atomic E-state index is 0.0137. The highest BCUT2D eigenvalue weighted by Crippen LogP contribution is 2.24. The maximum absolute atomic E-state index is 12.8. The number of nitrogens with two attached hydrogens (primary N) is 1. The second-order valence-corrected chi connectivity index (χ2v) is 7.77. The Bertz CT molecular complexity index is 1180. The molecule has 0 aliphatic carbocycles. The Morgan fingerprint density at radius 3 is 2.59 bits per heavy atom. The summed E-state index contributed by atoms with van der Waals surface area (Å²) in [7, 11) is -2.22. The van der Waals surface area contributed by atoms with E-state index in [9.17, 15) is 18.0 Å².